The molecule has 2 aromatic heterocycles. The highest BCUT2D eigenvalue weighted by Gasteiger charge is 2.31. The molecule has 2 amide bonds. The third-order valence-corrected chi connectivity index (χ3v) is 5.40. The molecule has 158 valence electrons. The minimum absolute atomic E-state index is 0.0323. The molecule has 0 saturated heterocycles. The molecule has 0 spiro atoms. The SMILES string of the molecule is CCCS(=O)(=O)c1cnc(OCC)c(NC(=O)Nc2cc(C(F)(F)F)ccn2)c1. The monoisotopic (exact) mass is 432 g/mol. The molecule has 2 heterocycles. The van der Waals surface area contributed by atoms with Crippen LogP contribution in [0.2, 0.25) is 0 Å². The van der Waals surface area contributed by atoms with E-state index in [1.54, 1.807) is 13.8 Å². The maximum atomic E-state index is 12.8. The van der Waals surface area contributed by atoms with Crippen molar-refractivity contribution in [2.24, 2.45) is 0 Å². The van der Waals surface area contributed by atoms with Gasteiger partial charge in [0, 0.05) is 12.4 Å². The van der Waals surface area contributed by atoms with Crippen molar-refractivity contribution in [3.63, 3.8) is 0 Å². The van der Waals surface area contributed by atoms with Gasteiger partial charge in [0.2, 0.25) is 5.88 Å². The largest absolute Gasteiger partial charge is 0.476 e. The first-order valence-corrected chi connectivity index (χ1v) is 10.2. The Labute approximate surface area is 165 Å². The van der Waals surface area contributed by atoms with Crippen LogP contribution in [0.15, 0.2) is 35.5 Å². The number of nitrogens with one attached hydrogen (secondary N) is 2. The molecule has 2 N–H and O–H groups in total. The molecule has 0 atom stereocenters. The molecule has 0 aliphatic rings. The molecule has 0 radical (unpaired) electrons. The highest BCUT2D eigenvalue weighted by molar-refractivity contribution is 7.91. The Hall–Kier alpha value is -2.89. The van der Waals surface area contributed by atoms with Gasteiger partial charge < -0.3 is 10.1 Å². The van der Waals surface area contributed by atoms with Crippen molar-refractivity contribution in [1.82, 2.24) is 9.97 Å². The first-order chi connectivity index (χ1) is 13.6. The van der Waals surface area contributed by atoms with Crippen molar-refractivity contribution < 1.29 is 31.1 Å². The predicted octanol–water partition coefficient (Wildman–Crippen LogP) is 3.72. The zero-order valence-corrected chi connectivity index (χ0v) is 16.4. The maximum absolute atomic E-state index is 12.8. The molecule has 29 heavy (non-hydrogen) atoms. The summed E-state index contributed by atoms with van der Waals surface area (Å²) in [6, 6.07) is 1.68. The number of hydrogen-bond donors (Lipinski definition) is 2. The van der Waals surface area contributed by atoms with Gasteiger partial charge in [0.1, 0.15) is 11.5 Å². The molecule has 2 rings (SSSR count). The lowest BCUT2D eigenvalue weighted by molar-refractivity contribution is -0.137. The number of sulfone groups is 1. The van der Waals surface area contributed by atoms with Crippen LogP contribution in [0.5, 0.6) is 5.88 Å². The van der Waals surface area contributed by atoms with Gasteiger partial charge in [0.25, 0.3) is 0 Å². The summed E-state index contributed by atoms with van der Waals surface area (Å²) in [5.74, 6) is -0.476. The van der Waals surface area contributed by atoms with Crippen LogP contribution in [-0.4, -0.2) is 36.8 Å². The molecule has 12 heteroatoms. The molecule has 0 saturated carbocycles. The fraction of sp³-hybridized carbons (Fsp3) is 0.353. The Morgan fingerprint density at radius 3 is 2.52 bits per heavy atom. The first kappa shape index (κ1) is 22.4. The highest BCUT2D eigenvalue weighted by atomic mass is 32.2. The number of pyridine rings is 2. The minimum atomic E-state index is -4.59. The number of alkyl halides is 3. The summed E-state index contributed by atoms with van der Waals surface area (Å²) in [6.07, 6.45) is -2.18. The number of hydrogen-bond acceptors (Lipinski definition) is 6. The van der Waals surface area contributed by atoms with Gasteiger partial charge in [-0.1, -0.05) is 6.92 Å². The zero-order chi connectivity index (χ0) is 21.7. The number of carbonyl (C=O) groups excluding carboxylic acids is 1. The summed E-state index contributed by atoms with van der Waals surface area (Å²) in [5.41, 5.74) is -1.03. The Kier molecular flexibility index (Phi) is 7.01. The molecule has 0 aliphatic carbocycles. The van der Waals surface area contributed by atoms with Crippen LogP contribution in [0.4, 0.5) is 29.5 Å². The van der Waals surface area contributed by atoms with E-state index in [1.165, 1.54) is 6.07 Å². The smallest absolute Gasteiger partial charge is 0.416 e. The lowest BCUT2D eigenvalue weighted by Gasteiger charge is -2.13. The molecule has 0 bridgehead atoms. The van der Waals surface area contributed by atoms with Gasteiger partial charge >= 0.3 is 12.2 Å². The summed E-state index contributed by atoms with van der Waals surface area (Å²) in [4.78, 5) is 19.7. The van der Waals surface area contributed by atoms with Crippen molar-refractivity contribution in [2.45, 2.75) is 31.3 Å². The number of ether oxygens (including phenoxy) is 1. The minimum Gasteiger partial charge on any atom is -0.476 e. The van der Waals surface area contributed by atoms with E-state index < -0.39 is 27.6 Å². The average molecular weight is 432 g/mol. The van der Waals surface area contributed by atoms with Crippen LogP contribution in [0.25, 0.3) is 0 Å². The van der Waals surface area contributed by atoms with E-state index >= 15 is 0 Å². The lowest BCUT2D eigenvalue weighted by atomic mass is 10.2. The van der Waals surface area contributed by atoms with Gasteiger partial charge in [-0.2, -0.15) is 13.2 Å². The summed E-state index contributed by atoms with van der Waals surface area (Å²) in [5, 5.41) is 4.50. The first-order valence-electron chi connectivity index (χ1n) is 8.53. The molecule has 0 aromatic carbocycles. The molecule has 0 fully saturated rings. The summed E-state index contributed by atoms with van der Waals surface area (Å²) < 4.78 is 68.1. The predicted molar refractivity (Wildman–Crippen MR) is 99.6 cm³/mol. The standard InChI is InChI=1S/C17H19F3N4O4S/c1-3-7-29(26,27)12-9-13(15(22-10-12)28-4-2)23-16(25)24-14-8-11(5-6-21-14)17(18,19)20/h5-6,8-10H,3-4,7H2,1-2H3,(H2,21,23,24,25). The number of urea groups is 1. The number of nitrogens with zero attached hydrogens (tertiary/aromatic N) is 2. The van der Waals surface area contributed by atoms with E-state index in [9.17, 15) is 26.4 Å². The zero-order valence-electron chi connectivity index (χ0n) is 15.6. The summed E-state index contributed by atoms with van der Waals surface area (Å²) in [6.45, 7) is 3.56. The van der Waals surface area contributed by atoms with Crippen molar-refractivity contribution in [2.75, 3.05) is 23.0 Å². The molecule has 8 nitrogen and oxygen atoms in total. The molecular formula is C17H19F3N4O4S. The average Bonchev–Trinajstić information content (AvgIpc) is 2.62. The van der Waals surface area contributed by atoms with Crippen LogP contribution < -0.4 is 15.4 Å². The van der Waals surface area contributed by atoms with E-state index in [0.29, 0.717) is 12.5 Å². The number of aromatic nitrogens is 2. The number of halogens is 3. The van der Waals surface area contributed by atoms with Crippen molar-refractivity contribution in [3.8, 4) is 5.88 Å². The van der Waals surface area contributed by atoms with E-state index in [-0.39, 0.29) is 34.6 Å². The van der Waals surface area contributed by atoms with Crippen LogP contribution in [0.1, 0.15) is 25.8 Å². The van der Waals surface area contributed by atoms with Gasteiger partial charge in [0.15, 0.2) is 9.84 Å². The van der Waals surface area contributed by atoms with Crippen molar-refractivity contribution in [3.05, 3.63) is 36.2 Å². The maximum Gasteiger partial charge on any atom is 0.416 e. The second kappa shape index (κ2) is 9.07. The Bertz CT molecular complexity index is 981. The van der Waals surface area contributed by atoms with Crippen LogP contribution >= 0.6 is 0 Å². The molecule has 2 aromatic rings. The van der Waals surface area contributed by atoms with Gasteiger partial charge in [-0.05, 0) is 31.5 Å². The van der Waals surface area contributed by atoms with E-state index in [1.807, 2.05) is 0 Å². The Balaban J connectivity index is 2.26. The number of anilines is 2. The fourth-order valence-corrected chi connectivity index (χ4v) is 3.56. The normalized spacial score (nSPS) is 11.8. The number of carbonyl (C=O) groups is 1. The van der Waals surface area contributed by atoms with Gasteiger partial charge in [-0.3, -0.25) is 5.32 Å². The summed E-state index contributed by atoms with van der Waals surface area (Å²) in [7, 11) is -3.61. The topological polar surface area (TPSA) is 110 Å². The summed E-state index contributed by atoms with van der Waals surface area (Å²) >= 11 is 0. The van der Waals surface area contributed by atoms with Gasteiger partial charge in [0.05, 0.1) is 22.8 Å². The van der Waals surface area contributed by atoms with E-state index in [4.69, 9.17) is 4.74 Å². The lowest BCUT2D eigenvalue weighted by Crippen LogP contribution is -2.21. The molecule has 0 unspecified atom stereocenters. The van der Waals surface area contributed by atoms with Crippen LogP contribution in [-0.2, 0) is 16.0 Å². The third-order valence-electron chi connectivity index (χ3n) is 3.52. The van der Waals surface area contributed by atoms with Crippen molar-refractivity contribution in [1.29, 1.82) is 0 Å². The van der Waals surface area contributed by atoms with Crippen LogP contribution in [0.3, 0.4) is 0 Å². The third kappa shape index (κ3) is 6.04. The van der Waals surface area contributed by atoms with Crippen LogP contribution in [0, 0.1) is 0 Å². The fourth-order valence-electron chi connectivity index (χ4n) is 2.28. The van der Waals surface area contributed by atoms with Crippen molar-refractivity contribution >= 4 is 27.4 Å². The molecule has 0 aliphatic heterocycles. The number of rotatable bonds is 7. The Morgan fingerprint density at radius 1 is 1.17 bits per heavy atom. The van der Waals surface area contributed by atoms with E-state index in [2.05, 4.69) is 20.6 Å². The Morgan fingerprint density at radius 2 is 1.90 bits per heavy atom. The van der Waals surface area contributed by atoms with Gasteiger partial charge in [-0.25, -0.2) is 23.2 Å². The quantitative estimate of drug-likeness (QED) is 0.690. The van der Waals surface area contributed by atoms with Gasteiger partial charge in [-0.15, -0.1) is 0 Å². The van der Waals surface area contributed by atoms with E-state index in [0.717, 1.165) is 18.5 Å². The number of amides is 2. The molecular weight excluding hydrogens is 413 g/mol. The second-order valence-corrected chi connectivity index (χ2v) is 7.89. The second-order valence-electron chi connectivity index (χ2n) is 5.78. The highest BCUT2D eigenvalue weighted by Crippen LogP contribution is 2.30.